The second-order valence-electron chi connectivity index (χ2n) is 38.2. The van der Waals surface area contributed by atoms with Crippen molar-refractivity contribution in [1.82, 2.24) is 0 Å². The molecule has 30 heteroatoms. The van der Waals surface area contributed by atoms with Crippen LogP contribution in [-0.2, 0) is 188 Å². The van der Waals surface area contributed by atoms with Gasteiger partial charge in [0.15, 0.2) is 37.6 Å². The predicted molar refractivity (Wildman–Crippen MR) is 544 cm³/mol. The lowest BCUT2D eigenvalue weighted by Crippen LogP contribution is -2.72. The van der Waals surface area contributed by atoms with E-state index >= 15 is 0 Å². The number of hydrogen-bond acceptors (Lipinski definition) is 30. The lowest BCUT2D eigenvalue weighted by Gasteiger charge is -2.55. The zero-order valence-corrected chi connectivity index (χ0v) is 83.3. The second kappa shape index (κ2) is 54.7. The molecule has 0 amide bonds. The number of hydrogen-bond donors (Lipinski definition) is 6. The van der Waals surface area contributed by atoms with Gasteiger partial charge in [-0.3, -0.25) is 4.74 Å². The quantitative estimate of drug-likeness (QED) is 0.0207. The van der Waals surface area contributed by atoms with E-state index < -0.39 is 211 Å². The van der Waals surface area contributed by atoms with Gasteiger partial charge in [-0.05, 0) is 78.9 Å². The monoisotopic (exact) mass is 2050 g/mol. The summed E-state index contributed by atoms with van der Waals surface area (Å²) in [6.07, 6.45) is -40.3. The minimum absolute atomic E-state index is 0.0269. The van der Waals surface area contributed by atoms with Crippen molar-refractivity contribution in [3.05, 3.63) is 425 Å². The van der Waals surface area contributed by atoms with Crippen LogP contribution in [0, 0.1) is 0 Å². The molecule has 12 aromatic carbocycles. The molecule has 30 nitrogen and oxygen atoms in total. The van der Waals surface area contributed by atoms with Crippen LogP contribution >= 0.6 is 0 Å². The van der Waals surface area contributed by atoms with E-state index in [-0.39, 0.29) is 92.1 Å². The molecule has 0 radical (unpaired) electrons. The zero-order chi connectivity index (χ0) is 102. The summed E-state index contributed by atoms with van der Waals surface area (Å²) in [5.74, 6) is -2.30. The van der Waals surface area contributed by atoms with Crippen molar-refractivity contribution in [2.24, 2.45) is 0 Å². The summed E-state index contributed by atoms with van der Waals surface area (Å²) < 4.78 is 179. The smallest absolute Gasteiger partial charge is 0.316 e. The molecule has 28 atom stereocenters. The summed E-state index contributed by atoms with van der Waals surface area (Å²) in [5.41, 5.74) is 8.75. The highest BCUT2D eigenvalue weighted by Crippen LogP contribution is 2.48. The van der Waals surface area contributed by atoms with Crippen LogP contribution in [0.4, 0.5) is 0 Å². The molecule has 13 aliphatic rings. The highest BCUT2D eigenvalue weighted by Gasteiger charge is 2.65. The van der Waals surface area contributed by atoms with Crippen molar-refractivity contribution in [3.8, 4) is 5.75 Å². The molecule has 13 fully saturated rings. The van der Waals surface area contributed by atoms with Gasteiger partial charge >= 0.3 is 5.97 Å². The molecular weight excluding hydrogens is 1920 g/mol. The van der Waals surface area contributed by atoms with Gasteiger partial charge in [-0.15, -0.1) is 0 Å². The first-order chi connectivity index (χ1) is 74.0. The fourth-order valence-corrected chi connectivity index (χ4v) is 20.0. The first-order valence-electron chi connectivity index (χ1n) is 51.5. The van der Waals surface area contributed by atoms with Crippen molar-refractivity contribution < 1.29 is 144 Å². The van der Waals surface area contributed by atoms with Crippen molar-refractivity contribution in [2.75, 3.05) is 39.6 Å². The molecular formula is C120H132O30. The van der Waals surface area contributed by atoms with E-state index in [4.69, 9.17) is 114 Å². The van der Waals surface area contributed by atoms with Crippen LogP contribution in [0.25, 0.3) is 0 Å². The number of ether oxygens (including phenoxy) is 24. The maximum atomic E-state index is 13.0. The number of rotatable bonds is 42. The van der Waals surface area contributed by atoms with Gasteiger partial charge in [0.05, 0.1) is 131 Å². The summed E-state index contributed by atoms with van der Waals surface area (Å²) in [6.45, 7) is -5.79. The predicted octanol–water partition coefficient (Wildman–Crippen LogP) is 14.4. The Morgan fingerprint density at radius 1 is 0.207 bits per heavy atom. The summed E-state index contributed by atoms with van der Waals surface area (Å²) >= 11 is 0. The molecule has 10 bridgehead atoms. The summed E-state index contributed by atoms with van der Waals surface area (Å²) in [4.78, 5) is 0. The van der Waals surface area contributed by atoms with Gasteiger partial charge in [-0.1, -0.05) is 346 Å². The molecule has 0 unspecified atom stereocenters. The van der Waals surface area contributed by atoms with Gasteiger partial charge in [0, 0.05) is 12.8 Å². The van der Waals surface area contributed by atoms with Crippen LogP contribution < -0.4 is 4.74 Å². The van der Waals surface area contributed by atoms with E-state index in [0.29, 0.717) is 44.7 Å². The Balaban J connectivity index is 0.821. The van der Waals surface area contributed by atoms with E-state index in [1.54, 1.807) is 0 Å². The van der Waals surface area contributed by atoms with E-state index in [2.05, 4.69) is 0 Å². The van der Waals surface area contributed by atoms with Crippen LogP contribution in [0.3, 0.4) is 0 Å². The van der Waals surface area contributed by atoms with E-state index in [1.807, 2.05) is 358 Å². The van der Waals surface area contributed by atoms with Crippen molar-refractivity contribution >= 4 is 0 Å². The third-order valence-corrected chi connectivity index (χ3v) is 27.7. The average molecular weight is 2050 g/mol. The fourth-order valence-electron chi connectivity index (χ4n) is 20.0. The third-order valence-electron chi connectivity index (χ3n) is 27.7. The first kappa shape index (κ1) is 108. The normalized spacial score (nSPS) is 30.2. The fraction of sp³-hybridized carbons (Fsp3) is 0.400. The van der Waals surface area contributed by atoms with E-state index in [9.17, 15) is 30.6 Å². The molecule has 6 N–H and O–H groups in total. The maximum Gasteiger partial charge on any atom is 0.316 e. The summed E-state index contributed by atoms with van der Waals surface area (Å²) in [6, 6.07) is 112. The van der Waals surface area contributed by atoms with Crippen LogP contribution in [0.5, 0.6) is 5.75 Å². The Morgan fingerprint density at radius 3 is 0.820 bits per heavy atom. The Bertz CT molecular complexity index is 5870. The van der Waals surface area contributed by atoms with Gasteiger partial charge in [0.2, 0.25) is 0 Å². The van der Waals surface area contributed by atoms with Crippen LogP contribution in [-0.4, -0.2) is 242 Å². The average Bonchev–Trinajstić information content (AvgIpc) is 0.766. The zero-order valence-electron chi connectivity index (χ0n) is 83.3. The molecule has 1 spiro atoms. The Labute approximate surface area is 873 Å². The van der Waals surface area contributed by atoms with Crippen LogP contribution in [0.15, 0.2) is 358 Å². The molecule has 0 aliphatic carbocycles. The highest BCUT2D eigenvalue weighted by molar-refractivity contribution is 5.30. The lowest BCUT2D eigenvalue weighted by atomic mass is 9.94. The molecule has 0 aromatic heterocycles. The van der Waals surface area contributed by atoms with Crippen molar-refractivity contribution in [2.45, 2.75) is 264 Å². The lowest BCUT2D eigenvalue weighted by molar-refractivity contribution is -0.516. The third kappa shape index (κ3) is 28.3. The molecule has 13 heterocycles. The number of fused-ring (bicyclic) bond motifs is 3. The Hall–Kier alpha value is -10.7. The maximum absolute atomic E-state index is 13.0. The molecule has 150 heavy (non-hydrogen) atoms. The Morgan fingerprint density at radius 2 is 0.473 bits per heavy atom. The summed E-state index contributed by atoms with van der Waals surface area (Å²) in [7, 11) is 0. The second-order valence-corrected chi connectivity index (χ2v) is 38.2. The number of benzene rings is 12. The molecule has 792 valence electrons. The van der Waals surface area contributed by atoms with Gasteiger partial charge in [0.25, 0.3) is 0 Å². The van der Waals surface area contributed by atoms with Crippen molar-refractivity contribution in [1.29, 1.82) is 0 Å². The minimum atomic E-state index is -2.84. The topological polar surface area (TPSA) is 343 Å². The van der Waals surface area contributed by atoms with E-state index in [0.717, 1.165) is 27.8 Å². The number of aliphatic hydroxyl groups excluding tert-OH is 6. The standard InChI is InChI=1S/C120H132O30/c121-62-93-60-95(128-69-81-37-14-2-15-38-81)114(138-78-90-55-32-11-33-56-90)120(148-93)149-105-101(67-126)143-118(112(136-76-88-51-28-9-29-52-88)109(105)132-73-85-45-22-6-23-46-85)147-104-99(65-124)142-117(111(135-75-87-49-26-8-27-50-87)107(104)130-71-83-41-18-4-19-42-83)146-103-98(64-123)141-116(110(134-74-86-47-24-7-25-48-86)106(103)133-79-91-57-34-58-92(59-91)127-68-80-35-12-1-13-36-80)139-94-61-96(129-70-82-39-16-3-17-40-82)115(140-97(94)63-122)145-102-100(66-125)144-119(150-120)113(137-77-89-53-30-10-31-54-89)108(102)131-72-84-43-20-5-21-44-84/h1-59,93-119,121-126H,60-79H2/t93-,94-,95+,96-,97-,98-,99-,100-,101-,102-,103-,104-,105-,106+,107+,108+,109+,110-,111-,112-,113-,114-,115-,116-,117-,118-,119-,120-/m1/s1. The van der Waals surface area contributed by atoms with Gasteiger partial charge in [0.1, 0.15) is 122 Å². The van der Waals surface area contributed by atoms with Gasteiger partial charge in [-0.25, -0.2) is 0 Å². The van der Waals surface area contributed by atoms with E-state index in [1.165, 1.54) is 0 Å². The van der Waals surface area contributed by atoms with Crippen LogP contribution in [0.1, 0.15) is 79.6 Å². The SMILES string of the molecule is OC[C@H]1C[C@H](OCc2ccccc2)[C@@H](OCc2ccccc2)[C@]2(O1)O[C@H]1O[C@H](CO)[C@@H](O[C@H]3O[C@H](CO)[C@@H](C[C@H]3OCc3ccccc3)O[C@@H]3O[C@H](CO)[C@@H](O[C@H]4O[C@H](CO)[C@@H](O[C@H]5O[C@H](CO)[C@@H](O2)[C@H](OCc2ccccc2)[C@H]5OCc2ccccc2)[C@H](OCc2ccccc2)[C@H]4OCc2ccccc2)[C@H](OCc2cccc(OCc4ccccc4)c2)[C@H]3OCc2ccccc2)[C@H](OCc2ccccc2)[C@H]1OCc1ccccc1. The van der Waals surface area contributed by atoms with Gasteiger partial charge < -0.3 is 140 Å². The minimum Gasteiger partial charge on any atom is -0.489 e. The van der Waals surface area contributed by atoms with Crippen LogP contribution in [0.2, 0.25) is 0 Å². The molecule has 25 rings (SSSR count). The Kier molecular flexibility index (Phi) is 39.3. The summed E-state index contributed by atoms with van der Waals surface area (Å²) in [5, 5.41) is 75.4. The molecule has 0 saturated carbocycles. The largest absolute Gasteiger partial charge is 0.489 e. The molecule has 13 aliphatic heterocycles. The molecule has 13 saturated heterocycles. The van der Waals surface area contributed by atoms with Gasteiger partial charge in [-0.2, -0.15) is 0 Å². The highest BCUT2D eigenvalue weighted by atomic mass is 16.9. The number of aliphatic hydroxyl groups is 6. The van der Waals surface area contributed by atoms with Crippen molar-refractivity contribution in [3.63, 3.8) is 0 Å². The first-order valence-corrected chi connectivity index (χ1v) is 51.5. The molecule has 12 aromatic rings.